The number of piperidine rings is 1. The highest BCUT2D eigenvalue weighted by atomic mass is 32.2. The summed E-state index contributed by atoms with van der Waals surface area (Å²) in [6.07, 6.45) is 1.96. The van der Waals surface area contributed by atoms with Gasteiger partial charge in [-0.3, -0.25) is 0 Å². The average molecular weight is 317 g/mol. The predicted molar refractivity (Wildman–Crippen MR) is 82.5 cm³/mol. The van der Waals surface area contributed by atoms with Crippen molar-refractivity contribution in [3.05, 3.63) is 17.0 Å². The van der Waals surface area contributed by atoms with Gasteiger partial charge in [-0.25, -0.2) is 13.1 Å². The van der Waals surface area contributed by atoms with Crippen LogP contribution in [-0.2, 0) is 16.6 Å². The lowest BCUT2D eigenvalue weighted by atomic mass is 10.1. The minimum Gasteiger partial charge on any atom is -0.312 e. The molecule has 1 aliphatic rings. The average Bonchev–Trinajstić information content (AvgIpc) is 2.85. The van der Waals surface area contributed by atoms with E-state index in [1.165, 1.54) is 11.3 Å². The lowest BCUT2D eigenvalue weighted by molar-refractivity contribution is 0.242. The first-order chi connectivity index (χ1) is 9.51. The fourth-order valence-electron chi connectivity index (χ4n) is 2.39. The SMILES string of the molecule is CCNCc1ccc(S(=O)(=O)NC2CCCN(C)C2)s1. The summed E-state index contributed by atoms with van der Waals surface area (Å²) in [6, 6.07) is 3.61. The zero-order chi connectivity index (χ0) is 14.6. The number of sulfonamides is 1. The Morgan fingerprint density at radius 3 is 2.95 bits per heavy atom. The maximum Gasteiger partial charge on any atom is 0.250 e. The van der Waals surface area contributed by atoms with E-state index in [-0.39, 0.29) is 6.04 Å². The van der Waals surface area contributed by atoms with Gasteiger partial charge in [-0.2, -0.15) is 0 Å². The van der Waals surface area contributed by atoms with Crippen LogP contribution in [0.3, 0.4) is 0 Å². The van der Waals surface area contributed by atoms with Crippen molar-refractivity contribution in [1.29, 1.82) is 0 Å². The summed E-state index contributed by atoms with van der Waals surface area (Å²) >= 11 is 1.34. The van der Waals surface area contributed by atoms with E-state index >= 15 is 0 Å². The third kappa shape index (κ3) is 4.26. The van der Waals surface area contributed by atoms with Crippen LogP contribution in [0, 0.1) is 0 Å². The molecule has 0 saturated carbocycles. The van der Waals surface area contributed by atoms with Crippen LogP contribution in [0.5, 0.6) is 0 Å². The second-order valence-corrected chi connectivity index (χ2v) is 8.33. The fraction of sp³-hybridized carbons (Fsp3) is 0.692. The van der Waals surface area contributed by atoms with Crippen LogP contribution in [-0.4, -0.2) is 46.0 Å². The molecule has 0 spiro atoms. The van der Waals surface area contributed by atoms with Crippen molar-refractivity contribution >= 4 is 21.4 Å². The molecule has 1 unspecified atom stereocenters. The zero-order valence-electron chi connectivity index (χ0n) is 12.1. The number of thiophene rings is 1. The number of hydrogen-bond donors (Lipinski definition) is 2. The van der Waals surface area contributed by atoms with Crippen LogP contribution in [0.15, 0.2) is 16.3 Å². The van der Waals surface area contributed by atoms with Crippen molar-refractivity contribution in [3.63, 3.8) is 0 Å². The van der Waals surface area contributed by atoms with Gasteiger partial charge in [0.1, 0.15) is 4.21 Å². The Balaban J connectivity index is 2.00. The van der Waals surface area contributed by atoms with Gasteiger partial charge in [-0.05, 0) is 45.1 Å². The zero-order valence-corrected chi connectivity index (χ0v) is 13.7. The molecule has 0 amide bonds. The van der Waals surface area contributed by atoms with Crippen molar-refractivity contribution in [1.82, 2.24) is 14.9 Å². The molecule has 7 heteroatoms. The van der Waals surface area contributed by atoms with Gasteiger partial charge in [0, 0.05) is 24.0 Å². The summed E-state index contributed by atoms with van der Waals surface area (Å²) in [5, 5.41) is 3.21. The summed E-state index contributed by atoms with van der Waals surface area (Å²) in [5.74, 6) is 0. The Hall–Kier alpha value is -0.470. The molecule has 2 N–H and O–H groups in total. The Kier molecular flexibility index (Phi) is 5.57. The Bertz CT molecular complexity index is 527. The number of nitrogens with one attached hydrogen (secondary N) is 2. The van der Waals surface area contributed by atoms with Gasteiger partial charge < -0.3 is 10.2 Å². The van der Waals surface area contributed by atoms with E-state index in [0.29, 0.717) is 4.21 Å². The number of likely N-dealkylation sites (tertiary alicyclic amines) is 1. The van der Waals surface area contributed by atoms with Gasteiger partial charge in [0.05, 0.1) is 0 Å². The molecule has 1 aromatic heterocycles. The monoisotopic (exact) mass is 317 g/mol. The van der Waals surface area contributed by atoms with Gasteiger partial charge in [0.15, 0.2) is 0 Å². The van der Waals surface area contributed by atoms with E-state index in [2.05, 4.69) is 14.9 Å². The van der Waals surface area contributed by atoms with Crippen molar-refractivity contribution in [2.24, 2.45) is 0 Å². The van der Waals surface area contributed by atoms with Crippen molar-refractivity contribution < 1.29 is 8.42 Å². The number of rotatable bonds is 6. The topological polar surface area (TPSA) is 61.4 Å². The van der Waals surface area contributed by atoms with Crippen molar-refractivity contribution in [2.75, 3.05) is 26.7 Å². The molecule has 20 heavy (non-hydrogen) atoms. The van der Waals surface area contributed by atoms with E-state index in [4.69, 9.17) is 0 Å². The van der Waals surface area contributed by atoms with Crippen LogP contribution >= 0.6 is 11.3 Å². The second-order valence-electron chi connectivity index (χ2n) is 5.22. The highest BCUT2D eigenvalue weighted by Crippen LogP contribution is 2.22. The minimum atomic E-state index is -3.37. The first-order valence-electron chi connectivity index (χ1n) is 7.01. The normalized spacial score (nSPS) is 21.2. The molecule has 5 nitrogen and oxygen atoms in total. The highest BCUT2D eigenvalue weighted by Gasteiger charge is 2.24. The van der Waals surface area contributed by atoms with Crippen LogP contribution in [0.4, 0.5) is 0 Å². The summed E-state index contributed by atoms with van der Waals surface area (Å²) < 4.78 is 28.0. The summed E-state index contributed by atoms with van der Waals surface area (Å²) in [5.41, 5.74) is 0. The molecule has 0 aliphatic carbocycles. The van der Waals surface area contributed by atoms with E-state index < -0.39 is 10.0 Å². The standard InChI is InChI=1S/C13H23N3O2S2/c1-3-14-9-12-6-7-13(19-12)20(17,18)15-11-5-4-8-16(2)10-11/h6-7,11,14-15H,3-5,8-10H2,1-2H3. The van der Waals surface area contributed by atoms with Gasteiger partial charge >= 0.3 is 0 Å². The van der Waals surface area contributed by atoms with Gasteiger partial charge in [0.2, 0.25) is 10.0 Å². The predicted octanol–water partition coefficient (Wildman–Crippen LogP) is 1.23. The Morgan fingerprint density at radius 2 is 2.25 bits per heavy atom. The molecule has 0 radical (unpaired) electrons. The van der Waals surface area contributed by atoms with Crippen LogP contribution in [0.2, 0.25) is 0 Å². The minimum absolute atomic E-state index is 0.0260. The molecule has 1 saturated heterocycles. The van der Waals surface area contributed by atoms with Crippen molar-refractivity contribution in [3.8, 4) is 0 Å². The van der Waals surface area contributed by atoms with E-state index in [1.807, 2.05) is 20.0 Å². The maximum absolute atomic E-state index is 12.4. The Morgan fingerprint density at radius 1 is 1.45 bits per heavy atom. The fourth-order valence-corrected chi connectivity index (χ4v) is 4.99. The number of likely N-dealkylation sites (N-methyl/N-ethyl adjacent to an activating group) is 1. The lowest BCUT2D eigenvalue weighted by Gasteiger charge is -2.29. The second kappa shape index (κ2) is 7.00. The van der Waals surface area contributed by atoms with Gasteiger partial charge in [-0.1, -0.05) is 6.92 Å². The van der Waals surface area contributed by atoms with Crippen LogP contribution in [0.1, 0.15) is 24.6 Å². The molecule has 1 aromatic rings. The van der Waals surface area contributed by atoms with E-state index in [0.717, 1.165) is 43.9 Å². The molecular weight excluding hydrogens is 294 g/mol. The maximum atomic E-state index is 12.4. The molecule has 0 bridgehead atoms. The number of hydrogen-bond acceptors (Lipinski definition) is 5. The van der Waals surface area contributed by atoms with E-state index in [1.54, 1.807) is 6.07 Å². The smallest absolute Gasteiger partial charge is 0.250 e. The van der Waals surface area contributed by atoms with Crippen molar-refractivity contribution in [2.45, 2.75) is 36.6 Å². The summed E-state index contributed by atoms with van der Waals surface area (Å²) in [4.78, 5) is 3.22. The Labute approximate surface area is 125 Å². The van der Waals surface area contributed by atoms with Gasteiger partial charge in [-0.15, -0.1) is 11.3 Å². The third-order valence-electron chi connectivity index (χ3n) is 3.40. The number of nitrogens with zero attached hydrogens (tertiary/aromatic N) is 1. The van der Waals surface area contributed by atoms with Gasteiger partial charge in [0.25, 0.3) is 0 Å². The molecule has 1 fully saturated rings. The molecular formula is C13H23N3O2S2. The summed E-state index contributed by atoms with van der Waals surface area (Å²) in [6.45, 7) is 5.47. The molecule has 1 aliphatic heterocycles. The third-order valence-corrected chi connectivity index (χ3v) is 6.49. The molecule has 1 atom stereocenters. The molecule has 2 rings (SSSR count). The summed E-state index contributed by atoms with van der Waals surface area (Å²) in [7, 11) is -1.35. The lowest BCUT2D eigenvalue weighted by Crippen LogP contribution is -2.46. The molecule has 0 aromatic carbocycles. The van der Waals surface area contributed by atoms with E-state index in [9.17, 15) is 8.42 Å². The first kappa shape index (κ1) is 15.9. The first-order valence-corrected chi connectivity index (χ1v) is 9.31. The van der Waals surface area contributed by atoms with Crippen LogP contribution < -0.4 is 10.0 Å². The quantitative estimate of drug-likeness (QED) is 0.828. The molecule has 114 valence electrons. The van der Waals surface area contributed by atoms with Crippen LogP contribution in [0.25, 0.3) is 0 Å². The highest BCUT2D eigenvalue weighted by molar-refractivity contribution is 7.91. The largest absolute Gasteiger partial charge is 0.312 e. The molecule has 2 heterocycles.